The Morgan fingerprint density at radius 3 is 2.68 bits per heavy atom. The summed E-state index contributed by atoms with van der Waals surface area (Å²) in [5.41, 5.74) is 4.81. The predicted molar refractivity (Wildman–Crippen MR) is 104 cm³/mol. The van der Waals surface area contributed by atoms with E-state index in [4.69, 9.17) is 0 Å². The molecule has 0 saturated heterocycles. The van der Waals surface area contributed by atoms with Crippen LogP contribution in [0.25, 0.3) is 5.69 Å². The normalized spacial score (nSPS) is 10.7. The maximum absolute atomic E-state index is 13.0. The number of carbonyl (C=O) groups excluding carboxylic acids is 1. The van der Waals surface area contributed by atoms with Crippen molar-refractivity contribution in [1.82, 2.24) is 9.55 Å². The minimum absolute atomic E-state index is 0.0265. The van der Waals surface area contributed by atoms with Gasteiger partial charge in [-0.25, -0.2) is 4.98 Å². The van der Waals surface area contributed by atoms with Crippen LogP contribution >= 0.6 is 11.8 Å². The summed E-state index contributed by atoms with van der Waals surface area (Å²) >= 11 is 1.57. The third-order valence-electron chi connectivity index (χ3n) is 4.40. The summed E-state index contributed by atoms with van der Waals surface area (Å²) in [5.74, 6) is -0.0265. The molecule has 0 saturated carbocycles. The summed E-state index contributed by atoms with van der Waals surface area (Å²) in [7, 11) is 1.82. The van der Waals surface area contributed by atoms with Gasteiger partial charge in [-0.2, -0.15) is 0 Å². The van der Waals surface area contributed by atoms with Gasteiger partial charge in [0.05, 0.1) is 0 Å². The number of carbonyl (C=O) groups is 1. The Balaban J connectivity index is 1.95. The third-order valence-corrected chi connectivity index (χ3v) is 5.07. The van der Waals surface area contributed by atoms with Crippen LogP contribution in [0.4, 0.5) is 5.69 Å². The van der Waals surface area contributed by atoms with E-state index in [9.17, 15) is 4.79 Å². The molecule has 0 aliphatic carbocycles. The number of rotatable bonds is 4. The van der Waals surface area contributed by atoms with Crippen LogP contribution in [0.1, 0.15) is 21.5 Å². The molecule has 25 heavy (non-hydrogen) atoms. The standard InChI is InChI=1S/C20H21N3OS/c1-14-7-5-10-18(15(14)2)22(3)19(24)16-8-6-9-17(13-16)23-12-11-21-20(23)25-4/h5-13H,1-4H3. The number of imidazole rings is 1. The van der Waals surface area contributed by atoms with Crippen LogP contribution in [0.15, 0.2) is 60.0 Å². The van der Waals surface area contributed by atoms with Gasteiger partial charge >= 0.3 is 0 Å². The maximum Gasteiger partial charge on any atom is 0.258 e. The van der Waals surface area contributed by atoms with Gasteiger partial charge in [-0.3, -0.25) is 9.36 Å². The molecule has 0 radical (unpaired) electrons. The van der Waals surface area contributed by atoms with Gasteiger partial charge in [0, 0.05) is 36.4 Å². The first-order valence-electron chi connectivity index (χ1n) is 8.05. The minimum Gasteiger partial charge on any atom is -0.311 e. The van der Waals surface area contributed by atoms with E-state index in [0.717, 1.165) is 22.1 Å². The minimum atomic E-state index is -0.0265. The lowest BCUT2D eigenvalue weighted by atomic mass is 10.1. The molecule has 128 valence electrons. The van der Waals surface area contributed by atoms with Gasteiger partial charge in [-0.15, -0.1) is 0 Å². The molecule has 0 spiro atoms. The number of hydrogen-bond donors (Lipinski definition) is 0. The van der Waals surface area contributed by atoms with Crippen molar-refractivity contribution in [3.8, 4) is 5.69 Å². The summed E-state index contributed by atoms with van der Waals surface area (Å²) in [6, 6.07) is 13.7. The molecule has 0 aliphatic rings. The van der Waals surface area contributed by atoms with E-state index in [2.05, 4.69) is 18.0 Å². The van der Waals surface area contributed by atoms with Crippen LogP contribution in [0.3, 0.4) is 0 Å². The Morgan fingerprint density at radius 1 is 1.16 bits per heavy atom. The van der Waals surface area contributed by atoms with Crippen LogP contribution in [0.2, 0.25) is 0 Å². The Hall–Kier alpha value is -2.53. The summed E-state index contributed by atoms with van der Waals surface area (Å²) in [6.07, 6.45) is 5.66. The lowest BCUT2D eigenvalue weighted by Crippen LogP contribution is -2.27. The van der Waals surface area contributed by atoms with E-state index >= 15 is 0 Å². The van der Waals surface area contributed by atoms with Gasteiger partial charge < -0.3 is 4.90 Å². The molecule has 2 aromatic carbocycles. The zero-order valence-electron chi connectivity index (χ0n) is 14.9. The van der Waals surface area contributed by atoms with E-state index in [1.807, 2.05) is 67.4 Å². The first-order chi connectivity index (χ1) is 12.0. The van der Waals surface area contributed by atoms with E-state index < -0.39 is 0 Å². The smallest absolute Gasteiger partial charge is 0.258 e. The lowest BCUT2D eigenvalue weighted by Gasteiger charge is -2.21. The van der Waals surface area contributed by atoms with Crippen molar-refractivity contribution in [3.63, 3.8) is 0 Å². The number of aryl methyl sites for hydroxylation is 1. The van der Waals surface area contributed by atoms with Crippen molar-refractivity contribution in [2.24, 2.45) is 0 Å². The largest absolute Gasteiger partial charge is 0.311 e. The molecule has 4 nitrogen and oxygen atoms in total. The fourth-order valence-electron chi connectivity index (χ4n) is 2.83. The molecular formula is C20H21N3OS. The van der Waals surface area contributed by atoms with Crippen LogP contribution in [0.5, 0.6) is 0 Å². The zero-order chi connectivity index (χ0) is 18.0. The van der Waals surface area contributed by atoms with Gasteiger partial charge in [0.25, 0.3) is 5.91 Å². The average Bonchev–Trinajstić information content (AvgIpc) is 3.11. The summed E-state index contributed by atoms with van der Waals surface area (Å²) in [5, 5.41) is 0.896. The number of aromatic nitrogens is 2. The number of hydrogen-bond acceptors (Lipinski definition) is 3. The molecule has 1 heterocycles. The van der Waals surface area contributed by atoms with Crippen molar-refractivity contribution in [1.29, 1.82) is 0 Å². The molecule has 0 bridgehead atoms. The molecule has 3 rings (SSSR count). The van der Waals surface area contributed by atoms with E-state index in [-0.39, 0.29) is 5.91 Å². The predicted octanol–water partition coefficient (Wildman–Crippen LogP) is 4.49. The highest BCUT2D eigenvalue weighted by Crippen LogP contribution is 2.24. The number of nitrogens with zero attached hydrogens (tertiary/aromatic N) is 3. The molecule has 0 unspecified atom stereocenters. The van der Waals surface area contributed by atoms with Crippen LogP contribution in [0, 0.1) is 13.8 Å². The van der Waals surface area contributed by atoms with Crippen LogP contribution < -0.4 is 4.90 Å². The van der Waals surface area contributed by atoms with Crippen molar-refractivity contribution < 1.29 is 4.79 Å². The Bertz CT molecular complexity index is 917. The number of benzene rings is 2. The van der Waals surface area contributed by atoms with Gasteiger partial charge in [-0.05, 0) is 55.5 Å². The molecule has 0 fully saturated rings. The maximum atomic E-state index is 13.0. The van der Waals surface area contributed by atoms with Crippen molar-refractivity contribution >= 4 is 23.4 Å². The number of anilines is 1. The monoisotopic (exact) mass is 351 g/mol. The highest BCUT2D eigenvalue weighted by Gasteiger charge is 2.16. The van der Waals surface area contributed by atoms with Crippen molar-refractivity contribution in [2.75, 3.05) is 18.2 Å². The highest BCUT2D eigenvalue weighted by molar-refractivity contribution is 7.98. The topological polar surface area (TPSA) is 38.1 Å². The Labute approximate surface area is 152 Å². The lowest BCUT2D eigenvalue weighted by molar-refractivity contribution is 0.0993. The van der Waals surface area contributed by atoms with Gasteiger partial charge in [0.15, 0.2) is 5.16 Å². The van der Waals surface area contributed by atoms with Gasteiger partial charge in [0.1, 0.15) is 0 Å². The molecule has 0 N–H and O–H groups in total. The first-order valence-corrected chi connectivity index (χ1v) is 9.27. The second-order valence-corrected chi connectivity index (χ2v) is 6.69. The molecule has 1 aromatic heterocycles. The third kappa shape index (κ3) is 3.33. The molecule has 0 aliphatic heterocycles. The Kier molecular flexibility index (Phi) is 4.95. The highest BCUT2D eigenvalue weighted by atomic mass is 32.2. The Morgan fingerprint density at radius 2 is 1.92 bits per heavy atom. The molecule has 5 heteroatoms. The second kappa shape index (κ2) is 7.15. The summed E-state index contributed by atoms with van der Waals surface area (Å²) < 4.78 is 1.99. The molecule has 3 aromatic rings. The quantitative estimate of drug-likeness (QED) is 0.650. The SMILES string of the molecule is CSc1nccn1-c1cccc(C(=O)N(C)c2cccc(C)c2C)c1. The van der Waals surface area contributed by atoms with E-state index in [0.29, 0.717) is 5.56 Å². The summed E-state index contributed by atoms with van der Waals surface area (Å²) in [6.45, 7) is 4.10. The fourth-order valence-corrected chi connectivity index (χ4v) is 3.36. The van der Waals surface area contributed by atoms with Crippen molar-refractivity contribution in [2.45, 2.75) is 19.0 Å². The van der Waals surface area contributed by atoms with Gasteiger partial charge in [0.2, 0.25) is 0 Å². The number of amides is 1. The first kappa shape index (κ1) is 17.3. The second-order valence-electron chi connectivity index (χ2n) is 5.92. The number of thioether (sulfide) groups is 1. The summed E-state index contributed by atoms with van der Waals surface area (Å²) in [4.78, 5) is 19.0. The van der Waals surface area contributed by atoms with Crippen LogP contribution in [-0.4, -0.2) is 28.8 Å². The van der Waals surface area contributed by atoms with Crippen LogP contribution in [-0.2, 0) is 0 Å². The molecular weight excluding hydrogens is 330 g/mol. The fraction of sp³-hybridized carbons (Fsp3) is 0.200. The zero-order valence-corrected chi connectivity index (χ0v) is 15.7. The average molecular weight is 351 g/mol. The van der Waals surface area contributed by atoms with E-state index in [1.165, 1.54) is 5.56 Å². The van der Waals surface area contributed by atoms with Gasteiger partial charge in [-0.1, -0.05) is 30.0 Å². The van der Waals surface area contributed by atoms with E-state index in [1.54, 1.807) is 22.9 Å². The van der Waals surface area contributed by atoms with Crippen molar-refractivity contribution in [3.05, 3.63) is 71.5 Å². The molecule has 0 atom stereocenters. The molecule has 1 amide bonds.